The lowest BCUT2D eigenvalue weighted by molar-refractivity contribution is -0.0566. The fourth-order valence-corrected chi connectivity index (χ4v) is 2.37. The molecular formula is C12H15BrF2N2. The van der Waals surface area contributed by atoms with Crippen LogP contribution in [-0.2, 0) is 6.54 Å². The second kappa shape index (κ2) is 4.90. The Labute approximate surface area is 108 Å². The van der Waals surface area contributed by atoms with Gasteiger partial charge in [-0.2, -0.15) is 0 Å². The SMILES string of the molecule is Nc1ccc(Br)c(CN2CCC(F)(F)CC2)c1. The minimum Gasteiger partial charge on any atom is -0.399 e. The highest BCUT2D eigenvalue weighted by Crippen LogP contribution is 2.29. The molecule has 1 aliphatic heterocycles. The molecule has 0 bridgehead atoms. The predicted octanol–water partition coefficient (Wildman–Crippen LogP) is 3.26. The maximum atomic E-state index is 13.0. The topological polar surface area (TPSA) is 29.3 Å². The van der Waals surface area contributed by atoms with E-state index in [1.165, 1.54) is 0 Å². The van der Waals surface area contributed by atoms with E-state index in [-0.39, 0.29) is 12.8 Å². The summed E-state index contributed by atoms with van der Waals surface area (Å²) in [6, 6.07) is 5.60. The van der Waals surface area contributed by atoms with Gasteiger partial charge < -0.3 is 5.73 Å². The molecule has 0 radical (unpaired) electrons. The van der Waals surface area contributed by atoms with Gasteiger partial charge in [0.1, 0.15) is 0 Å². The number of halogens is 3. The summed E-state index contributed by atoms with van der Waals surface area (Å²) in [5.41, 5.74) is 7.47. The van der Waals surface area contributed by atoms with Crippen molar-refractivity contribution >= 4 is 21.6 Å². The zero-order valence-corrected chi connectivity index (χ0v) is 11.0. The molecule has 1 aromatic carbocycles. The normalized spacial score (nSPS) is 20.4. The zero-order chi connectivity index (χ0) is 12.5. The second-order valence-electron chi connectivity index (χ2n) is 4.48. The van der Waals surface area contributed by atoms with Crippen LogP contribution in [0.1, 0.15) is 18.4 Å². The zero-order valence-electron chi connectivity index (χ0n) is 9.43. The van der Waals surface area contributed by atoms with Gasteiger partial charge in [-0.3, -0.25) is 4.90 Å². The van der Waals surface area contributed by atoms with Gasteiger partial charge in [-0.25, -0.2) is 8.78 Å². The molecule has 94 valence electrons. The fraction of sp³-hybridized carbons (Fsp3) is 0.500. The second-order valence-corrected chi connectivity index (χ2v) is 5.34. The number of nitrogens with two attached hydrogens (primary N) is 1. The number of hydrogen-bond acceptors (Lipinski definition) is 2. The van der Waals surface area contributed by atoms with E-state index < -0.39 is 5.92 Å². The number of rotatable bonds is 2. The van der Waals surface area contributed by atoms with Crippen molar-refractivity contribution in [2.24, 2.45) is 0 Å². The molecule has 1 heterocycles. The number of anilines is 1. The summed E-state index contributed by atoms with van der Waals surface area (Å²) in [6.45, 7) is 1.55. The van der Waals surface area contributed by atoms with Gasteiger partial charge in [0.15, 0.2) is 0 Å². The summed E-state index contributed by atoms with van der Waals surface area (Å²) >= 11 is 3.45. The quantitative estimate of drug-likeness (QED) is 0.850. The summed E-state index contributed by atoms with van der Waals surface area (Å²) in [4.78, 5) is 2.04. The monoisotopic (exact) mass is 304 g/mol. The standard InChI is InChI=1S/C12H15BrF2N2/c13-11-2-1-10(16)7-9(11)8-17-5-3-12(14,15)4-6-17/h1-2,7H,3-6,8,16H2. The third-order valence-corrected chi connectivity index (χ3v) is 3.82. The molecule has 0 saturated carbocycles. The maximum absolute atomic E-state index is 13.0. The highest BCUT2D eigenvalue weighted by Gasteiger charge is 2.33. The van der Waals surface area contributed by atoms with Crippen LogP contribution in [-0.4, -0.2) is 23.9 Å². The summed E-state index contributed by atoms with van der Waals surface area (Å²) in [6.07, 6.45) is -0.0974. The first-order valence-electron chi connectivity index (χ1n) is 5.60. The molecule has 1 aromatic rings. The molecule has 5 heteroatoms. The molecule has 1 aliphatic rings. The van der Waals surface area contributed by atoms with Crippen LogP contribution in [0.15, 0.2) is 22.7 Å². The average molecular weight is 305 g/mol. The van der Waals surface area contributed by atoms with Gasteiger partial charge in [-0.15, -0.1) is 0 Å². The van der Waals surface area contributed by atoms with Crippen molar-refractivity contribution < 1.29 is 8.78 Å². The Morgan fingerprint density at radius 3 is 2.59 bits per heavy atom. The van der Waals surface area contributed by atoms with Crippen LogP contribution in [0.3, 0.4) is 0 Å². The molecule has 0 aliphatic carbocycles. The van der Waals surface area contributed by atoms with E-state index >= 15 is 0 Å². The first-order valence-corrected chi connectivity index (χ1v) is 6.40. The van der Waals surface area contributed by atoms with Gasteiger partial charge in [0.05, 0.1) is 0 Å². The summed E-state index contributed by atoms with van der Waals surface area (Å²) < 4.78 is 27.0. The van der Waals surface area contributed by atoms with Crippen LogP contribution in [0.5, 0.6) is 0 Å². The Balaban J connectivity index is 2.00. The molecule has 0 spiro atoms. The molecule has 0 amide bonds. The van der Waals surface area contributed by atoms with Crippen molar-refractivity contribution in [2.75, 3.05) is 18.8 Å². The van der Waals surface area contributed by atoms with E-state index in [9.17, 15) is 8.78 Å². The van der Waals surface area contributed by atoms with Crippen LogP contribution in [0.2, 0.25) is 0 Å². The summed E-state index contributed by atoms with van der Waals surface area (Å²) in [5, 5.41) is 0. The van der Waals surface area contributed by atoms with Crippen LogP contribution in [0.4, 0.5) is 14.5 Å². The van der Waals surface area contributed by atoms with Crippen molar-refractivity contribution in [2.45, 2.75) is 25.3 Å². The van der Waals surface area contributed by atoms with E-state index in [0.29, 0.717) is 25.3 Å². The van der Waals surface area contributed by atoms with E-state index in [0.717, 1.165) is 10.0 Å². The van der Waals surface area contributed by atoms with Gasteiger partial charge in [0.2, 0.25) is 0 Å². The highest BCUT2D eigenvalue weighted by molar-refractivity contribution is 9.10. The van der Waals surface area contributed by atoms with Crippen LogP contribution < -0.4 is 5.73 Å². The minimum absolute atomic E-state index is 0.0487. The molecule has 2 rings (SSSR count). The molecule has 0 unspecified atom stereocenters. The molecule has 0 aromatic heterocycles. The average Bonchev–Trinajstić information content (AvgIpc) is 2.26. The third kappa shape index (κ3) is 3.39. The van der Waals surface area contributed by atoms with Gasteiger partial charge in [-0.1, -0.05) is 15.9 Å². The first-order chi connectivity index (χ1) is 7.96. The molecule has 2 nitrogen and oxygen atoms in total. The van der Waals surface area contributed by atoms with E-state index in [2.05, 4.69) is 15.9 Å². The Kier molecular flexibility index (Phi) is 3.68. The lowest BCUT2D eigenvalue weighted by atomic mass is 10.1. The number of nitrogen functional groups attached to an aromatic ring is 1. The van der Waals surface area contributed by atoms with Crippen molar-refractivity contribution in [1.29, 1.82) is 0 Å². The van der Waals surface area contributed by atoms with Crippen molar-refractivity contribution in [3.05, 3.63) is 28.2 Å². The van der Waals surface area contributed by atoms with Gasteiger partial charge in [0, 0.05) is 42.6 Å². The van der Waals surface area contributed by atoms with Gasteiger partial charge >= 0.3 is 0 Å². The number of likely N-dealkylation sites (tertiary alicyclic amines) is 1. The molecule has 0 atom stereocenters. The Hall–Kier alpha value is -0.680. The van der Waals surface area contributed by atoms with E-state index in [4.69, 9.17) is 5.73 Å². The Morgan fingerprint density at radius 2 is 1.94 bits per heavy atom. The van der Waals surface area contributed by atoms with Gasteiger partial charge in [0.25, 0.3) is 5.92 Å². The Morgan fingerprint density at radius 1 is 1.29 bits per heavy atom. The van der Waals surface area contributed by atoms with Crippen LogP contribution in [0, 0.1) is 0 Å². The minimum atomic E-state index is -2.48. The van der Waals surface area contributed by atoms with Crippen molar-refractivity contribution in [3.8, 4) is 0 Å². The van der Waals surface area contributed by atoms with E-state index in [1.807, 2.05) is 23.1 Å². The Bertz CT molecular complexity index is 399. The fourth-order valence-electron chi connectivity index (χ4n) is 2.00. The molecule has 1 saturated heterocycles. The van der Waals surface area contributed by atoms with E-state index in [1.54, 1.807) is 0 Å². The number of alkyl halides is 2. The smallest absolute Gasteiger partial charge is 0.250 e. The lowest BCUT2D eigenvalue weighted by Gasteiger charge is -2.31. The third-order valence-electron chi connectivity index (χ3n) is 3.05. The van der Waals surface area contributed by atoms with Gasteiger partial charge in [-0.05, 0) is 23.8 Å². The number of benzene rings is 1. The molecular weight excluding hydrogens is 290 g/mol. The number of piperidine rings is 1. The van der Waals surface area contributed by atoms with Crippen LogP contribution in [0.25, 0.3) is 0 Å². The summed E-state index contributed by atoms with van der Waals surface area (Å²) in [5.74, 6) is -2.48. The molecule has 17 heavy (non-hydrogen) atoms. The summed E-state index contributed by atoms with van der Waals surface area (Å²) in [7, 11) is 0. The van der Waals surface area contributed by atoms with Crippen LogP contribution >= 0.6 is 15.9 Å². The molecule has 1 fully saturated rings. The molecule has 2 N–H and O–H groups in total. The largest absolute Gasteiger partial charge is 0.399 e. The lowest BCUT2D eigenvalue weighted by Crippen LogP contribution is -2.38. The number of hydrogen-bond donors (Lipinski definition) is 1. The first kappa shape index (κ1) is 12.8. The van der Waals surface area contributed by atoms with Crippen molar-refractivity contribution in [1.82, 2.24) is 4.90 Å². The maximum Gasteiger partial charge on any atom is 0.250 e. The predicted molar refractivity (Wildman–Crippen MR) is 68.0 cm³/mol. The highest BCUT2D eigenvalue weighted by atomic mass is 79.9. The van der Waals surface area contributed by atoms with Crippen molar-refractivity contribution in [3.63, 3.8) is 0 Å². The number of nitrogens with zero attached hydrogens (tertiary/aromatic N) is 1.